The molecule has 0 bridgehead atoms. The Hall–Kier alpha value is -3.43. The molecule has 9 heteroatoms. The van der Waals surface area contributed by atoms with E-state index in [-0.39, 0.29) is 32.1 Å². The molecule has 0 saturated heterocycles. The predicted molar refractivity (Wildman–Crippen MR) is 127 cm³/mol. The molecule has 0 spiro atoms. The van der Waals surface area contributed by atoms with Crippen LogP contribution >= 0.6 is 0 Å². The van der Waals surface area contributed by atoms with E-state index in [1.54, 1.807) is 19.0 Å². The third kappa shape index (κ3) is 6.12. The van der Waals surface area contributed by atoms with Crippen LogP contribution in [-0.4, -0.2) is 81.0 Å². The van der Waals surface area contributed by atoms with Gasteiger partial charge in [0.1, 0.15) is 18.7 Å². The van der Waals surface area contributed by atoms with Crippen LogP contribution in [0.5, 0.6) is 0 Å². The summed E-state index contributed by atoms with van der Waals surface area (Å²) in [5, 5.41) is 14.4. The van der Waals surface area contributed by atoms with E-state index < -0.39 is 30.1 Å². The van der Waals surface area contributed by atoms with Gasteiger partial charge in [0.2, 0.25) is 5.91 Å². The zero-order valence-electron chi connectivity index (χ0n) is 19.6. The lowest BCUT2D eigenvalue weighted by molar-refractivity contribution is -0.142. The van der Waals surface area contributed by atoms with Gasteiger partial charge in [-0.3, -0.25) is 4.79 Å². The molecule has 34 heavy (non-hydrogen) atoms. The van der Waals surface area contributed by atoms with Crippen molar-refractivity contribution in [2.75, 3.05) is 41.0 Å². The number of carboxylic acid groups (broad SMARTS) is 1. The maximum absolute atomic E-state index is 12.8. The Balaban J connectivity index is 1.65. The Morgan fingerprint density at radius 2 is 1.56 bits per heavy atom. The molecule has 0 saturated carbocycles. The largest absolute Gasteiger partial charge is 0.480 e. The van der Waals surface area contributed by atoms with Crippen LogP contribution in [0.4, 0.5) is 4.79 Å². The fourth-order valence-corrected chi connectivity index (χ4v) is 4.11. The number of hydrogen-bond acceptors (Lipinski definition) is 6. The number of hydrogen-bond donors (Lipinski definition) is 3. The lowest BCUT2D eigenvalue weighted by atomic mass is 9.98. The van der Waals surface area contributed by atoms with Gasteiger partial charge in [-0.25, -0.2) is 9.59 Å². The number of ether oxygens (including phenoxy) is 2. The molecule has 1 aliphatic rings. The van der Waals surface area contributed by atoms with Gasteiger partial charge in [-0.1, -0.05) is 48.5 Å². The van der Waals surface area contributed by atoms with Gasteiger partial charge in [-0.05, 0) is 36.3 Å². The number of benzene rings is 2. The summed E-state index contributed by atoms with van der Waals surface area (Å²) in [4.78, 5) is 38.6. The Morgan fingerprint density at radius 3 is 2.09 bits per heavy atom. The lowest BCUT2D eigenvalue weighted by Crippen LogP contribution is -2.55. The number of methoxy groups -OCH3 is 1. The topological polar surface area (TPSA) is 117 Å². The zero-order valence-corrected chi connectivity index (χ0v) is 19.6. The molecule has 1 aliphatic carbocycles. The summed E-state index contributed by atoms with van der Waals surface area (Å²) in [5.41, 5.74) is 4.41. The predicted octanol–water partition coefficient (Wildman–Crippen LogP) is 2.06. The second kappa shape index (κ2) is 11.6. The molecule has 182 valence electrons. The highest BCUT2D eigenvalue weighted by atomic mass is 16.5. The highest BCUT2D eigenvalue weighted by Crippen LogP contribution is 2.44. The maximum atomic E-state index is 12.8. The molecular weight excluding hydrogens is 438 g/mol. The van der Waals surface area contributed by atoms with Crippen molar-refractivity contribution in [3.05, 3.63) is 59.7 Å². The van der Waals surface area contributed by atoms with Crippen LogP contribution in [-0.2, 0) is 19.1 Å². The second-order valence-electron chi connectivity index (χ2n) is 8.47. The molecule has 2 amide bonds. The minimum Gasteiger partial charge on any atom is -0.480 e. The molecule has 0 fully saturated rings. The molecule has 0 heterocycles. The fourth-order valence-electron chi connectivity index (χ4n) is 4.11. The van der Waals surface area contributed by atoms with Crippen molar-refractivity contribution in [3.8, 4) is 11.1 Å². The van der Waals surface area contributed by atoms with Crippen molar-refractivity contribution in [2.24, 2.45) is 0 Å². The number of likely N-dealkylation sites (N-methyl/N-ethyl adjacent to an activating group) is 1. The minimum atomic E-state index is -1.17. The van der Waals surface area contributed by atoms with E-state index in [4.69, 9.17) is 9.47 Å². The number of carbonyl (C=O) groups excluding carboxylic acids is 2. The molecule has 3 N–H and O–H groups in total. The number of carbonyl (C=O) groups is 3. The van der Waals surface area contributed by atoms with Crippen molar-refractivity contribution in [3.63, 3.8) is 0 Å². The summed E-state index contributed by atoms with van der Waals surface area (Å²) in [6, 6.07) is 13.9. The normalized spacial score (nSPS) is 14.1. The van der Waals surface area contributed by atoms with Gasteiger partial charge in [0.05, 0.1) is 0 Å². The van der Waals surface area contributed by atoms with Crippen molar-refractivity contribution >= 4 is 18.0 Å². The maximum Gasteiger partial charge on any atom is 0.407 e. The first-order valence-corrected chi connectivity index (χ1v) is 11.1. The number of rotatable bonds is 11. The van der Waals surface area contributed by atoms with Crippen molar-refractivity contribution < 1.29 is 29.0 Å². The summed E-state index contributed by atoms with van der Waals surface area (Å²) < 4.78 is 10.4. The van der Waals surface area contributed by atoms with Crippen molar-refractivity contribution in [2.45, 2.75) is 24.4 Å². The Morgan fingerprint density at radius 1 is 0.971 bits per heavy atom. The fraction of sp³-hybridized carbons (Fsp3) is 0.400. The number of alkyl carbamates (subject to hydrolysis) is 1. The highest BCUT2D eigenvalue weighted by molar-refractivity contribution is 5.89. The summed E-state index contributed by atoms with van der Waals surface area (Å²) >= 11 is 0. The molecule has 2 aromatic rings. The smallest absolute Gasteiger partial charge is 0.407 e. The standard InChI is InChI=1S/C25H31N3O6/c1-28(2)14-22(23(29)26-21(24(30)31)12-13-33-3)27-25(32)34-15-20-18-10-6-4-8-16(18)17-9-5-7-11-19(17)20/h4-11,20-22H,12-15H2,1-3H3,(H,26,29)(H,27,32)(H,30,31)/t21?,22-/m0/s1. The molecule has 9 nitrogen and oxygen atoms in total. The van der Waals surface area contributed by atoms with Crippen LogP contribution in [0.25, 0.3) is 11.1 Å². The van der Waals surface area contributed by atoms with Gasteiger partial charge in [0.15, 0.2) is 0 Å². The molecular formula is C25H31N3O6. The van der Waals surface area contributed by atoms with Gasteiger partial charge < -0.3 is 30.1 Å². The van der Waals surface area contributed by atoms with Crippen molar-refractivity contribution in [1.82, 2.24) is 15.5 Å². The molecule has 2 aromatic carbocycles. The highest BCUT2D eigenvalue weighted by Gasteiger charge is 2.31. The zero-order chi connectivity index (χ0) is 24.7. The van der Waals surface area contributed by atoms with E-state index in [0.29, 0.717) is 0 Å². The van der Waals surface area contributed by atoms with Crippen molar-refractivity contribution in [1.29, 1.82) is 0 Å². The Kier molecular flexibility index (Phi) is 8.61. The van der Waals surface area contributed by atoms with Gasteiger partial charge in [0.25, 0.3) is 0 Å². The number of nitrogens with one attached hydrogen (secondary N) is 2. The minimum absolute atomic E-state index is 0.107. The van der Waals surface area contributed by atoms with E-state index in [2.05, 4.69) is 10.6 Å². The number of nitrogens with zero attached hydrogens (tertiary/aromatic N) is 1. The molecule has 0 aromatic heterocycles. The average Bonchev–Trinajstić information content (AvgIpc) is 3.13. The second-order valence-corrected chi connectivity index (χ2v) is 8.47. The third-order valence-electron chi connectivity index (χ3n) is 5.73. The SMILES string of the molecule is COCCC(NC(=O)[C@H](CN(C)C)NC(=O)OCC1c2ccccc2-c2ccccc21)C(=O)O. The van der Waals surface area contributed by atoms with E-state index >= 15 is 0 Å². The average molecular weight is 470 g/mol. The number of aliphatic carboxylic acids is 1. The molecule has 0 radical (unpaired) electrons. The first kappa shape index (κ1) is 25.2. The van der Waals surface area contributed by atoms with E-state index in [9.17, 15) is 19.5 Å². The molecule has 3 rings (SSSR count). The van der Waals surface area contributed by atoms with Gasteiger partial charge >= 0.3 is 12.1 Å². The van der Waals surface area contributed by atoms with Crippen LogP contribution in [0.2, 0.25) is 0 Å². The van der Waals surface area contributed by atoms with Crippen LogP contribution in [0.1, 0.15) is 23.5 Å². The van der Waals surface area contributed by atoms with Crippen LogP contribution in [0.15, 0.2) is 48.5 Å². The Labute approximate surface area is 199 Å². The van der Waals surface area contributed by atoms with Gasteiger partial charge in [0, 0.05) is 32.6 Å². The quantitative estimate of drug-likeness (QED) is 0.461. The molecule has 0 aliphatic heterocycles. The molecule has 2 atom stereocenters. The number of amides is 2. The summed E-state index contributed by atoms with van der Waals surface area (Å²) in [7, 11) is 4.95. The van der Waals surface area contributed by atoms with Gasteiger partial charge in [-0.2, -0.15) is 0 Å². The first-order chi connectivity index (χ1) is 16.3. The van der Waals surface area contributed by atoms with E-state index in [1.165, 1.54) is 7.11 Å². The van der Waals surface area contributed by atoms with Gasteiger partial charge in [-0.15, -0.1) is 0 Å². The van der Waals surface area contributed by atoms with E-state index in [1.807, 2.05) is 48.5 Å². The van der Waals surface area contributed by atoms with Crippen LogP contribution in [0.3, 0.4) is 0 Å². The Bertz CT molecular complexity index is 980. The molecule has 1 unspecified atom stereocenters. The first-order valence-electron chi connectivity index (χ1n) is 11.1. The summed E-state index contributed by atoms with van der Waals surface area (Å²) in [6.45, 7) is 0.462. The van der Waals surface area contributed by atoms with E-state index in [0.717, 1.165) is 22.3 Å². The summed E-state index contributed by atoms with van der Waals surface area (Å²) in [5.74, 6) is -1.88. The summed E-state index contributed by atoms with van der Waals surface area (Å²) in [6.07, 6.45) is -0.635. The van der Waals surface area contributed by atoms with Crippen LogP contribution < -0.4 is 10.6 Å². The monoisotopic (exact) mass is 469 g/mol. The number of carboxylic acids is 1. The van der Waals surface area contributed by atoms with Crippen LogP contribution in [0, 0.1) is 0 Å². The number of fused-ring (bicyclic) bond motifs is 3. The third-order valence-corrected chi connectivity index (χ3v) is 5.73. The lowest BCUT2D eigenvalue weighted by Gasteiger charge is -2.24.